The van der Waals surface area contributed by atoms with Crippen molar-refractivity contribution in [3.8, 4) is 0 Å². The fraction of sp³-hybridized carbons (Fsp3) is 0.125. The van der Waals surface area contributed by atoms with Crippen LogP contribution in [0.5, 0.6) is 0 Å². The summed E-state index contributed by atoms with van der Waals surface area (Å²) in [6.07, 6.45) is 0.0309. The number of rotatable bonds is 4. The Kier molecular flexibility index (Phi) is 3.67. The fourth-order valence-electron chi connectivity index (χ4n) is 1.23. The van der Waals surface area contributed by atoms with Crippen LogP contribution in [0.3, 0.4) is 0 Å². The number of aldehydes is 1. The number of halogens is 1. The Bertz CT molecular complexity index is 438. The molecule has 0 radical (unpaired) electrons. The summed E-state index contributed by atoms with van der Waals surface area (Å²) in [5.41, 5.74) is -1.06. The Morgan fingerprint density at radius 2 is 1.62 bits per heavy atom. The lowest BCUT2D eigenvalue weighted by Crippen LogP contribution is -2.02. The van der Waals surface area contributed by atoms with Crippen molar-refractivity contribution in [1.29, 1.82) is 0 Å². The summed E-state index contributed by atoms with van der Waals surface area (Å²) in [4.78, 5) is 30.2. The Hall–Kier alpha value is -1.83. The number of benzene rings is 1. The highest BCUT2D eigenvalue weighted by molar-refractivity contribution is 9.10. The highest BCUT2D eigenvalue weighted by atomic mass is 79.9. The van der Waals surface area contributed by atoms with Gasteiger partial charge in [0, 0.05) is 23.0 Å². The van der Waals surface area contributed by atoms with Crippen LogP contribution in [-0.2, 0) is 11.2 Å². The van der Waals surface area contributed by atoms with Crippen LogP contribution in [0.4, 0.5) is 11.4 Å². The van der Waals surface area contributed by atoms with Gasteiger partial charge in [0.05, 0.1) is 9.85 Å². The quantitative estimate of drug-likeness (QED) is 0.479. The molecule has 8 heteroatoms. The van der Waals surface area contributed by atoms with Crippen molar-refractivity contribution in [1.82, 2.24) is 0 Å². The minimum atomic E-state index is -0.753. The van der Waals surface area contributed by atoms with Crippen LogP contribution < -0.4 is 0 Å². The molecule has 1 rings (SSSR count). The van der Waals surface area contributed by atoms with E-state index < -0.39 is 21.2 Å². The number of hydrogen-bond acceptors (Lipinski definition) is 5. The van der Waals surface area contributed by atoms with Crippen LogP contribution in [0.1, 0.15) is 5.56 Å². The molecule has 0 saturated carbocycles. The van der Waals surface area contributed by atoms with Crippen molar-refractivity contribution in [2.24, 2.45) is 0 Å². The maximum absolute atomic E-state index is 10.7. The molecule has 0 bridgehead atoms. The van der Waals surface area contributed by atoms with Crippen LogP contribution in [0, 0.1) is 20.2 Å². The largest absolute Gasteiger partial charge is 0.303 e. The summed E-state index contributed by atoms with van der Waals surface area (Å²) >= 11 is 2.94. The lowest BCUT2D eigenvalue weighted by Gasteiger charge is -2.01. The van der Waals surface area contributed by atoms with E-state index in [-0.39, 0.29) is 16.5 Å². The second-order valence-electron chi connectivity index (χ2n) is 2.81. The molecule has 84 valence electrons. The topological polar surface area (TPSA) is 103 Å². The smallest absolute Gasteiger partial charge is 0.281 e. The molecule has 0 saturated heterocycles. The Morgan fingerprint density at radius 3 is 1.94 bits per heavy atom. The van der Waals surface area contributed by atoms with Gasteiger partial charge in [0.15, 0.2) is 0 Å². The van der Waals surface area contributed by atoms with Gasteiger partial charge in [-0.25, -0.2) is 0 Å². The molecule has 0 heterocycles. The third-order valence-corrected chi connectivity index (χ3v) is 2.31. The summed E-state index contributed by atoms with van der Waals surface area (Å²) in [5.74, 6) is 0. The van der Waals surface area contributed by atoms with Gasteiger partial charge in [-0.05, 0) is 0 Å². The number of nitrogens with zero attached hydrogens (tertiary/aromatic N) is 2. The average molecular weight is 289 g/mol. The molecule has 0 fully saturated rings. The highest BCUT2D eigenvalue weighted by Gasteiger charge is 2.25. The van der Waals surface area contributed by atoms with E-state index in [9.17, 15) is 25.0 Å². The van der Waals surface area contributed by atoms with Crippen LogP contribution in [0.25, 0.3) is 0 Å². The first-order valence-electron chi connectivity index (χ1n) is 4.02. The number of hydrogen-bond donors (Lipinski definition) is 0. The zero-order valence-corrected chi connectivity index (χ0v) is 9.34. The molecular formula is C8H5BrN2O5. The van der Waals surface area contributed by atoms with Crippen molar-refractivity contribution >= 4 is 33.6 Å². The van der Waals surface area contributed by atoms with Crippen LogP contribution in [0.15, 0.2) is 16.6 Å². The predicted molar refractivity (Wildman–Crippen MR) is 57.2 cm³/mol. The normalized spacial score (nSPS) is 9.81. The summed E-state index contributed by atoms with van der Waals surface area (Å²) in [6.45, 7) is 0. The number of nitro benzene ring substituents is 2. The molecule has 0 unspecified atom stereocenters. The molecule has 1 aromatic rings. The first-order chi connectivity index (χ1) is 7.47. The van der Waals surface area contributed by atoms with Crippen molar-refractivity contribution in [3.05, 3.63) is 42.4 Å². The number of nitro groups is 2. The van der Waals surface area contributed by atoms with Gasteiger partial charge >= 0.3 is 0 Å². The van der Waals surface area contributed by atoms with E-state index >= 15 is 0 Å². The summed E-state index contributed by atoms with van der Waals surface area (Å²) < 4.78 is 0.223. The SMILES string of the molecule is O=CCc1c([N+](=O)[O-])cc(Br)cc1[N+](=O)[O-]. The summed E-state index contributed by atoms with van der Waals surface area (Å²) in [7, 11) is 0. The Labute approximate surface area is 97.5 Å². The van der Waals surface area contributed by atoms with Gasteiger partial charge in [-0.15, -0.1) is 0 Å². The molecule has 0 aliphatic rings. The summed E-state index contributed by atoms with van der Waals surface area (Å²) in [5, 5.41) is 21.3. The van der Waals surface area contributed by atoms with E-state index in [0.29, 0.717) is 6.29 Å². The first kappa shape index (κ1) is 12.2. The van der Waals surface area contributed by atoms with Gasteiger partial charge in [-0.3, -0.25) is 20.2 Å². The maximum atomic E-state index is 10.7. The maximum Gasteiger partial charge on any atom is 0.281 e. The third kappa shape index (κ3) is 2.40. The minimum absolute atomic E-state index is 0.187. The number of carbonyl (C=O) groups is 1. The fourth-order valence-corrected chi connectivity index (χ4v) is 1.66. The molecule has 0 amide bonds. The molecule has 16 heavy (non-hydrogen) atoms. The molecule has 0 aliphatic carbocycles. The molecule has 0 aromatic heterocycles. The van der Waals surface area contributed by atoms with E-state index in [2.05, 4.69) is 15.9 Å². The van der Waals surface area contributed by atoms with Gasteiger partial charge in [0.1, 0.15) is 11.8 Å². The van der Waals surface area contributed by atoms with E-state index in [1.54, 1.807) is 0 Å². The van der Waals surface area contributed by atoms with E-state index in [4.69, 9.17) is 0 Å². The number of carbonyl (C=O) groups excluding carboxylic acids is 1. The van der Waals surface area contributed by atoms with Crippen molar-refractivity contribution in [3.63, 3.8) is 0 Å². The van der Waals surface area contributed by atoms with Gasteiger partial charge in [-0.1, -0.05) is 15.9 Å². The second kappa shape index (κ2) is 4.79. The van der Waals surface area contributed by atoms with E-state index in [0.717, 1.165) is 12.1 Å². The van der Waals surface area contributed by atoms with E-state index in [1.165, 1.54) is 0 Å². The molecule has 7 nitrogen and oxygen atoms in total. The Morgan fingerprint density at radius 1 is 1.19 bits per heavy atom. The predicted octanol–water partition coefficient (Wildman–Crippen LogP) is 2.01. The lowest BCUT2D eigenvalue weighted by molar-refractivity contribution is -0.395. The second-order valence-corrected chi connectivity index (χ2v) is 3.72. The standard InChI is InChI=1S/C8H5BrN2O5/c9-5-3-7(10(13)14)6(1-2-12)8(4-5)11(15)16/h2-4H,1H2. The lowest BCUT2D eigenvalue weighted by atomic mass is 10.1. The molecule has 0 aliphatic heterocycles. The van der Waals surface area contributed by atoms with Gasteiger partial charge in [0.25, 0.3) is 11.4 Å². The van der Waals surface area contributed by atoms with Crippen LogP contribution >= 0.6 is 15.9 Å². The third-order valence-electron chi connectivity index (χ3n) is 1.85. The minimum Gasteiger partial charge on any atom is -0.303 e. The van der Waals surface area contributed by atoms with Gasteiger partial charge < -0.3 is 4.79 Å². The average Bonchev–Trinajstić information content (AvgIpc) is 2.19. The molecule has 1 aromatic carbocycles. The molecule has 0 spiro atoms. The van der Waals surface area contributed by atoms with Crippen LogP contribution in [-0.4, -0.2) is 16.1 Å². The molecule has 0 atom stereocenters. The first-order valence-corrected chi connectivity index (χ1v) is 4.81. The van der Waals surface area contributed by atoms with E-state index in [1.807, 2.05) is 0 Å². The molecular weight excluding hydrogens is 284 g/mol. The zero-order valence-electron chi connectivity index (χ0n) is 7.75. The Balaban J connectivity index is 3.52. The molecule has 0 N–H and O–H groups in total. The highest BCUT2D eigenvalue weighted by Crippen LogP contribution is 2.32. The van der Waals surface area contributed by atoms with Gasteiger partial charge in [-0.2, -0.15) is 0 Å². The van der Waals surface area contributed by atoms with Crippen molar-refractivity contribution < 1.29 is 14.6 Å². The zero-order chi connectivity index (χ0) is 12.3. The van der Waals surface area contributed by atoms with Crippen LogP contribution in [0.2, 0.25) is 0 Å². The van der Waals surface area contributed by atoms with Gasteiger partial charge in [0.2, 0.25) is 0 Å². The monoisotopic (exact) mass is 288 g/mol. The summed E-state index contributed by atoms with van der Waals surface area (Å²) in [6, 6.07) is 2.26. The van der Waals surface area contributed by atoms with Crippen molar-refractivity contribution in [2.75, 3.05) is 0 Å². The van der Waals surface area contributed by atoms with Crippen molar-refractivity contribution in [2.45, 2.75) is 6.42 Å².